The van der Waals surface area contributed by atoms with E-state index in [-0.39, 0.29) is 0 Å². The van der Waals surface area contributed by atoms with Crippen molar-refractivity contribution in [3.63, 3.8) is 0 Å². The van der Waals surface area contributed by atoms with E-state index in [9.17, 15) is 13.2 Å². The van der Waals surface area contributed by atoms with Gasteiger partial charge in [-0.2, -0.15) is 0 Å². The van der Waals surface area contributed by atoms with E-state index in [2.05, 4.69) is 0 Å². The first kappa shape index (κ1) is 14.8. The van der Waals surface area contributed by atoms with E-state index < -0.39 is 27.2 Å². The van der Waals surface area contributed by atoms with Gasteiger partial charge in [0.25, 0.3) is 0 Å². The summed E-state index contributed by atoms with van der Waals surface area (Å²) in [6, 6.07) is 8.87. The highest BCUT2D eigenvalue weighted by molar-refractivity contribution is 7.93. The Balaban J connectivity index is 2.28. The Morgan fingerprint density at radius 2 is 1.90 bits per heavy atom. The third kappa shape index (κ3) is 2.65. The van der Waals surface area contributed by atoms with Gasteiger partial charge in [0.2, 0.25) is 10.0 Å². The van der Waals surface area contributed by atoms with E-state index in [0.29, 0.717) is 18.5 Å². The summed E-state index contributed by atoms with van der Waals surface area (Å²) in [4.78, 5) is 11.7. The lowest BCUT2D eigenvalue weighted by molar-refractivity contribution is -0.145. The molecule has 5 nitrogen and oxygen atoms in total. The highest BCUT2D eigenvalue weighted by Gasteiger charge is 2.44. The Morgan fingerprint density at radius 1 is 1.25 bits per heavy atom. The number of anilines is 1. The Hall–Kier alpha value is -1.56. The summed E-state index contributed by atoms with van der Waals surface area (Å²) < 4.78 is 31.4. The molecule has 110 valence electrons. The molecule has 1 aliphatic carbocycles. The second kappa shape index (κ2) is 5.83. The maximum atomic E-state index is 12.7. The molecule has 6 heteroatoms. The van der Waals surface area contributed by atoms with Gasteiger partial charge in [-0.15, -0.1) is 0 Å². The lowest BCUT2D eigenvalue weighted by atomic mass is 10.1. The van der Waals surface area contributed by atoms with Crippen molar-refractivity contribution < 1.29 is 17.9 Å². The Bertz CT molecular complexity index is 570. The molecule has 2 rings (SSSR count). The van der Waals surface area contributed by atoms with E-state index in [1.54, 1.807) is 24.3 Å². The number of carbonyl (C=O) groups is 1. The maximum Gasteiger partial charge on any atom is 0.310 e. The molecule has 1 aliphatic rings. The smallest absolute Gasteiger partial charge is 0.310 e. The lowest BCUT2D eigenvalue weighted by Gasteiger charge is -2.26. The van der Waals surface area contributed by atoms with Crippen molar-refractivity contribution in [2.45, 2.75) is 24.5 Å². The summed E-state index contributed by atoms with van der Waals surface area (Å²) in [5.41, 5.74) is 0.600. The molecule has 0 aliphatic heterocycles. The second-order valence-corrected chi connectivity index (χ2v) is 7.13. The van der Waals surface area contributed by atoms with Crippen LogP contribution < -0.4 is 4.31 Å². The summed E-state index contributed by atoms with van der Waals surface area (Å²) in [5.74, 6) is -0.992. The highest BCUT2D eigenvalue weighted by Crippen LogP contribution is 2.34. The predicted molar refractivity (Wildman–Crippen MR) is 76.9 cm³/mol. The topological polar surface area (TPSA) is 63.7 Å². The number of benzene rings is 1. The molecule has 1 fully saturated rings. The first-order valence-electron chi connectivity index (χ1n) is 6.59. The van der Waals surface area contributed by atoms with Crippen molar-refractivity contribution in [2.24, 2.45) is 5.92 Å². The van der Waals surface area contributed by atoms with Crippen molar-refractivity contribution in [2.75, 3.05) is 18.5 Å². The number of sulfonamides is 1. The molecule has 2 atom stereocenters. The van der Waals surface area contributed by atoms with Crippen molar-refractivity contribution in [1.29, 1.82) is 0 Å². The van der Waals surface area contributed by atoms with E-state index in [4.69, 9.17) is 4.74 Å². The van der Waals surface area contributed by atoms with Crippen molar-refractivity contribution in [3.05, 3.63) is 30.3 Å². The van der Waals surface area contributed by atoms with Crippen LogP contribution in [0.3, 0.4) is 0 Å². The number of hydrogen-bond donors (Lipinski definition) is 0. The quantitative estimate of drug-likeness (QED) is 0.795. The number of esters is 1. The Morgan fingerprint density at radius 3 is 2.50 bits per heavy atom. The molecule has 0 radical (unpaired) electrons. The van der Waals surface area contributed by atoms with Crippen LogP contribution in [0.25, 0.3) is 0 Å². The number of methoxy groups -OCH3 is 1. The Kier molecular flexibility index (Phi) is 4.32. The number of hydrogen-bond acceptors (Lipinski definition) is 4. The van der Waals surface area contributed by atoms with Crippen LogP contribution in [0.15, 0.2) is 30.3 Å². The van der Waals surface area contributed by atoms with Gasteiger partial charge in [0.1, 0.15) is 0 Å². The lowest BCUT2D eigenvalue weighted by Crippen LogP contribution is -2.40. The number of nitrogens with zero attached hydrogens (tertiary/aromatic N) is 1. The normalized spacial score (nSPS) is 22.5. The highest BCUT2D eigenvalue weighted by atomic mass is 32.2. The second-order valence-electron chi connectivity index (χ2n) is 4.95. The van der Waals surface area contributed by atoms with Gasteiger partial charge in [-0.3, -0.25) is 9.10 Å². The average molecular weight is 297 g/mol. The number of para-hydroxylation sites is 1. The molecule has 0 heterocycles. The van der Waals surface area contributed by atoms with Crippen LogP contribution in [0.2, 0.25) is 0 Å². The van der Waals surface area contributed by atoms with E-state index in [1.807, 2.05) is 6.07 Å². The van der Waals surface area contributed by atoms with Gasteiger partial charge in [-0.05, 0) is 25.0 Å². The monoisotopic (exact) mass is 297 g/mol. The number of ether oxygens (including phenoxy) is 1. The standard InChI is InChI=1S/C14H19NO4S/c1-15(11-7-4-3-5-8-11)20(17,18)13-10-6-9-12(13)14(16)19-2/h3-5,7-8,12-13H,6,9-10H2,1-2H3. The zero-order chi connectivity index (χ0) is 14.8. The van der Waals surface area contributed by atoms with Crippen LogP contribution in [0.5, 0.6) is 0 Å². The van der Waals surface area contributed by atoms with Crippen LogP contribution in [-0.2, 0) is 19.6 Å². The van der Waals surface area contributed by atoms with Gasteiger partial charge in [-0.1, -0.05) is 24.6 Å². The molecule has 0 amide bonds. The largest absolute Gasteiger partial charge is 0.469 e. The van der Waals surface area contributed by atoms with Crippen molar-refractivity contribution >= 4 is 21.7 Å². The van der Waals surface area contributed by atoms with Crippen molar-refractivity contribution in [1.82, 2.24) is 0 Å². The average Bonchev–Trinajstić information content (AvgIpc) is 2.96. The molecular weight excluding hydrogens is 278 g/mol. The first-order chi connectivity index (χ1) is 9.48. The van der Waals surface area contributed by atoms with Crippen LogP contribution in [0.1, 0.15) is 19.3 Å². The fourth-order valence-corrected chi connectivity index (χ4v) is 4.64. The third-order valence-corrected chi connectivity index (χ3v) is 6.14. The molecule has 1 aromatic rings. The third-order valence-electron chi connectivity index (χ3n) is 3.84. The van der Waals surface area contributed by atoms with Crippen LogP contribution in [0.4, 0.5) is 5.69 Å². The molecular formula is C14H19NO4S. The first-order valence-corrected chi connectivity index (χ1v) is 8.09. The Labute approximate surface area is 119 Å². The van der Waals surface area contributed by atoms with Gasteiger partial charge in [0, 0.05) is 7.05 Å². The molecule has 0 aromatic heterocycles. The number of carbonyl (C=O) groups excluding carboxylic acids is 1. The maximum absolute atomic E-state index is 12.7. The molecule has 0 saturated heterocycles. The van der Waals surface area contributed by atoms with Crippen LogP contribution in [-0.4, -0.2) is 33.8 Å². The summed E-state index contributed by atoms with van der Waals surface area (Å²) in [6.45, 7) is 0. The fourth-order valence-electron chi connectivity index (χ4n) is 2.69. The van der Waals surface area contributed by atoms with E-state index in [1.165, 1.54) is 18.5 Å². The van der Waals surface area contributed by atoms with E-state index in [0.717, 1.165) is 6.42 Å². The molecule has 1 saturated carbocycles. The molecule has 20 heavy (non-hydrogen) atoms. The van der Waals surface area contributed by atoms with Gasteiger partial charge in [-0.25, -0.2) is 8.42 Å². The van der Waals surface area contributed by atoms with E-state index >= 15 is 0 Å². The minimum absolute atomic E-state index is 0.433. The zero-order valence-corrected chi connectivity index (χ0v) is 12.5. The summed E-state index contributed by atoms with van der Waals surface area (Å²) in [7, 11) is -0.742. The predicted octanol–water partition coefficient (Wildman–Crippen LogP) is 1.79. The summed E-state index contributed by atoms with van der Waals surface area (Å²) >= 11 is 0. The molecule has 0 spiro atoms. The molecule has 2 unspecified atom stereocenters. The summed E-state index contributed by atoms with van der Waals surface area (Å²) in [6.07, 6.45) is 1.80. The zero-order valence-electron chi connectivity index (χ0n) is 11.7. The van der Waals surface area contributed by atoms with Crippen LogP contribution >= 0.6 is 0 Å². The molecule has 0 N–H and O–H groups in total. The molecule has 1 aromatic carbocycles. The van der Waals surface area contributed by atoms with Gasteiger partial charge >= 0.3 is 5.97 Å². The summed E-state index contributed by atoms with van der Waals surface area (Å²) in [5, 5.41) is -0.694. The SMILES string of the molecule is COC(=O)C1CCCC1S(=O)(=O)N(C)c1ccccc1. The minimum atomic E-state index is -3.56. The fraction of sp³-hybridized carbons (Fsp3) is 0.500. The van der Waals surface area contributed by atoms with Crippen LogP contribution in [0, 0.1) is 5.92 Å². The van der Waals surface area contributed by atoms with Gasteiger partial charge < -0.3 is 4.74 Å². The van der Waals surface area contributed by atoms with Gasteiger partial charge in [0.05, 0.1) is 24.0 Å². The van der Waals surface area contributed by atoms with Gasteiger partial charge in [0.15, 0.2) is 0 Å². The minimum Gasteiger partial charge on any atom is -0.469 e. The number of rotatable bonds is 4. The van der Waals surface area contributed by atoms with Crippen molar-refractivity contribution in [3.8, 4) is 0 Å². The molecule has 0 bridgehead atoms.